The molecule has 0 fully saturated rings. The molecule has 0 aliphatic carbocycles. The van der Waals surface area contributed by atoms with E-state index in [0.717, 1.165) is 22.3 Å². The van der Waals surface area contributed by atoms with Crippen LogP contribution < -0.4 is 10.6 Å². The third-order valence-corrected chi connectivity index (χ3v) is 3.90. The van der Waals surface area contributed by atoms with Crippen LogP contribution in [-0.4, -0.2) is 18.4 Å². The lowest BCUT2D eigenvalue weighted by Gasteiger charge is -2.12. The fraction of sp³-hybridized carbons (Fsp3) is 0.300. The van der Waals surface area contributed by atoms with E-state index in [9.17, 15) is 9.59 Å². The minimum Gasteiger partial charge on any atom is -0.347 e. The molecule has 0 saturated heterocycles. The largest absolute Gasteiger partial charge is 0.347 e. The second-order valence-corrected chi connectivity index (χ2v) is 6.22. The summed E-state index contributed by atoms with van der Waals surface area (Å²) in [4.78, 5) is 24.0. The monoisotopic (exact) mass is 324 g/mol. The zero-order valence-corrected chi connectivity index (χ0v) is 14.7. The molecule has 0 heterocycles. The van der Waals surface area contributed by atoms with Gasteiger partial charge in [0.05, 0.1) is 0 Å². The van der Waals surface area contributed by atoms with E-state index in [0.29, 0.717) is 18.7 Å². The molecule has 0 saturated carbocycles. The number of amides is 2. The van der Waals surface area contributed by atoms with Gasteiger partial charge in [-0.1, -0.05) is 47.5 Å². The molecule has 2 rings (SSSR count). The van der Waals surface area contributed by atoms with E-state index < -0.39 is 11.8 Å². The third-order valence-electron chi connectivity index (χ3n) is 3.90. The molecule has 2 aromatic rings. The molecule has 4 nitrogen and oxygen atoms in total. The van der Waals surface area contributed by atoms with Crippen molar-refractivity contribution in [1.82, 2.24) is 5.32 Å². The number of anilines is 1. The van der Waals surface area contributed by atoms with E-state index in [1.54, 1.807) is 0 Å². The minimum absolute atomic E-state index is 0.432. The normalized spacial score (nSPS) is 10.3. The SMILES string of the molecule is Cc1cccc(CCNC(=O)C(=O)Nc2c(C)cc(C)cc2C)c1. The van der Waals surface area contributed by atoms with Crippen LogP contribution in [0.4, 0.5) is 5.69 Å². The first-order valence-corrected chi connectivity index (χ1v) is 8.09. The van der Waals surface area contributed by atoms with Crippen molar-refractivity contribution < 1.29 is 9.59 Å². The average molecular weight is 324 g/mol. The Morgan fingerprint density at radius 3 is 2.17 bits per heavy atom. The third kappa shape index (κ3) is 4.69. The minimum atomic E-state index is -0.630. The summed E-state index contributed by atoms with van der Waals surface area (Å²) in [5.74, 6) is -1.24. The summed E-state index contributed by atoms with van der Waals surface area (Å²) in [5, 5.41) is 5.38. The molecule has 2 aromatic carbocycles. The lowest BCUT2D eigenvalue weighted by molar-refractivity contribution is -0.136. The molecule has 0 aromatic heterocycles. The van der Waals surface area contributed by atoms with Crippen LogP contribution in [0.5, 0.6) is 0 Å². The van der Waals surface area contributed by atoms with Crippen molar-refractivity contribution in [3.8, 4) is 0 Å². The Kier molecular flexibility index (Phi) is 5.74. The van der Waals surface area contributed by atoms with Crippen LogP contribution in [-0.2, 0) is 16.0 Å². The van der Waals surface area contributed by atoms with Gasteiger partial charge in [-0.2, -0.15) is 0 Å². The first-order chi connectivity index (χ1) is 11.4. The van der Waals surface area contributed by atoms with E-state index in [1.165, 1.54) is 5.56 Å². The van der Waals surface area contributed by atoms with Crippen molar-refractivity contribution >= 4 is 17.5 Å². The van der Waals surface area contributed by atoms with Gasteiger partial charge in [0.1, 0.15) is 0 Å². The van der Waals surface area contributed by atoms with E-state index in [-0.39, 0.29) is 0 Å². The Morgan fingerprint density at radius 2 is 1.54 bits per heavy atom. The maximum absolute atomic E-state index is 12.1. The first-order valence-electron chi connectivity index (χ1n) is 8.09. The predicted molar refractivity (Wildman–Crippen MR) is 97.2 cm³/mol. The summed E-state index contributed by atoms with van der Waals surface area (Å²) >= 11 is 0. The number of carbonyl (C=O) groups is 2. The molecule has 0 aliphatic heterocycles. The van der Waals surface area contributed by atoms with E-state index in [2.05, 4.69) is 16.7 Å². The number of aryl methyl sites for hydroxylation is 4. The summed E-state index contributed by atoms with van der Waals surface area (Å²) in [6.07, 6.45) is 0.698. The van der Waals surface area contributed by atoms with Crippen molar-refractivity contribution in [3.63, 3.8) is 0 Å². The van der Waals surface area contributed by atoms with Crippen LogP contribution in [0.25, 0.3) is 0 Å². The van der Waals surface area contributed by atoms with Crippen LogP contribution >= 0.6 is 0 Å². The fourth-order valence-electron chi connectivity index (χ4n) is 2.82. The van der Waals surface area contributed by atoms with Gasteiger partial charge >= 0.3 is 11.8 Å². The van der Waals surface area contributed by atoms with Gasteiger partial charge in [0.2, 0.25) is 0 Å². The van der Waals surface area contributed by atoms with Crippen LogP contribution in [0.2, 0.25) is 0 Å². The number of carbonyl (C=O) groups excluding carboxylic acids is 2. The number of nitrogens with one attached hydrogen (secondary N) is 2. The number of rotatable bonds is 4. The van der Waals surface area contributed by atoms with Gasteiger partial charge < -0.3 is 10.6 Å². The fourth-order valence-corrected chi connectivity index (χ4v) is 2.82. The maximum atomic E-state index is 12.1. The molecule has 0 bridgehead atoms. The quantitative estimate of drug-likeness (QED) is 0.849. The molecule has 0 unspecified atom stereocenters. The standard InChI is InChI=1S/C20H24N2O2/c1-13-6-5-7-17(12-13)8-9-21-19(23)20(24)22-18-15(3)10-14(2)11-16(18)4/h5-7,10-12H,8-9H2,1-4H3,(H,21,23)(H,22,24). The summed E-state index contributed by atoms with van der Waals surface area (Å²) < 4.78 is 0. The van der Waals surface area contributed by atoms with E-state index >= 15 is 0 Å². The molecule has 126 valence electrons. The van der Waals surface area contributed by atoms with Gasteiger partial charge in [-0.25, -0.2) is 0 Å². The van der Waals surface area contributed by atoms with Gasteiger partial charge in [-0.3, -0.25) is 9.59 Å². The lowest BCUT2D eigenvalue weighted by Crippen LogP contribution is -2.36. The summed E-state index contributed by atoms with van der Waals surface area (Å²) in [7, 11) is 0. The summed E-state index contributed by atoms with van der Waals surface area (Å²) in [6, 6.07) is 12.1. The van der Waals surface area contributed by atoms with Crippen LogP contribution in [0.1, 0.15) is 27.8 Å². The van der Waals surface area contributed by atoms with Gasteiger partial charge in [0.25, 0.3) is 0 Å². The topological polar surface area (TPSA) is 58.2 Å². The van der Waals surface area contributed by atoms with Crippen LogP contribution in [0.3, 0.4) is 0 Å². The number of hydrogen-bond acceptors (Lipinski definition) is 2. The Morgan fingerprint density at radius 1 is 0.875 bits per heavy atom. The zero-order valence-electron chi connectivity index (χ0n) is 14.7. The maximum Gasteiger partial charge on any atom is 0.313 e. The van der Waals surface area contributed by atoms with Gasteiger partial charge in [-0.15, -0.1) is 0 Å². The number of hydrogen-bond donors (Lipinski definition) is 2. The molecule has 24 heavy (non-hydrogen) atoms. The van der Waals surface area contributed by atoms with Gasteiger partial charge in [0.15, 0.2) is 0 Å². The van der Waals surface area contributed by atoms with Gasteiger partial charge in [0, 0.05) is 12.2 Å². The van der Waals surface area contributed by atoms with E-state index in [1.807, 2.05) is 58.0 Å². The van der Waals surface area contributed by atoms with Crippen LogP contribution in [0, 0.1) is 27.7 Å². The van der Waals surface area contributed by atoms with E-state index in [4.69, 9.17) is 0 Å². The Bertz CT molecular complexity index is 743. The highest BCUT2D eigenvalue weighted by Crippen LogP contribution is 2.21. The van der Waals surface area contributed by atoms with Crippen molar-refractivity contribution in [1.29, 1.82) is 0 Å². The van der Waals surface area contributed by atoms with Crippen molar-refractivity contribution in [2.75, 3.05) is 11.9 Å². The Labute approximate surface area is 143 Å². The number of benzene rings is 2. The molecular formula is C20H24N2O2. The molecule has 2 amide bonds. The first kappa shape index (κ1) is 17.7. The molecule has 4 heteroatoms. The average Bonchev–Trinajstić information content (AvgIpc) is 2.50. The Hall–Kier alpha value is -2.62. The Balaban J connectivity index is 1.90. The molecule has 0 atom stereocenters. The molecule has 0 spiro atoms. The highest BCUT2D eigenvalue weighted by molar-refractivity contribution is 6.39. The lowest BCUT2D eigenvalue weighted by atomic mass is 10.1. The zero-order chi connectivity index (χ0) is 17.7. The second-order valence-electron chi connectivity index (χ2n) is 6.22. The second kappa shape index (κ2) is 7.77. The summed E-state index contributed by atoms with van der Waals surface area (Å²) in [5.41, 5.74) is 6.06. The smallest absolute Gasteiger partial charge is 0.313 e. The molecular weight excluding hydrogens is 300 g/mol. The van der Waals surface area contributed by atoms with Gasteiger partial charge in [-0.05, 0) is 50.8 Å². The highest BCUT2D eigenvalue weighted by atomic mass is 16.2. The summed E-state index contributed by atoms with van der Waals surface area (Å²) in [6.45, 7) is 8.31. The van der Waals surface area contributed by atoms with Crippen molar-refractivity contribution in [2.24, 2.45) is 0 Å². The molecule has 0 radical (unpaired) electrons. The van der Waals surface area contributed by atoms with Crippen molar-refractivity contribution in [2.45, 2.75) is 34.1 Å². The van der Waals surface area contributed by atoms with Crippen molar-refractivity contribution in [3.05, 3.63) is 64.2 Å². The molecule has 0 aliphatic rings. The highest BCUT2D eigenvalue weighted by Gasteiger charge is 2.15. The predicted octanol–water partition coefficient (Wildman–Crippen LogP) is 3.22. The molecule has 2 N–H and O–H groups in total. The van der Waals surface area contributed by atoms with Crippen LogP contribution in [0.15, 0.2) is 36.4 Å².